The van der Waals surface area contributed by atoms with Gasteiger partial charge in [-0.25, -0.2) is 9.13 Å². The van der Waals surface area contributed by atoms with Crippen LogP contribution in [0.25, 0.3) is 0 Å². The van der Waals surface area contributed by atoms with Crippen LogP contribution >= 0.6 is 15.6 Å². The van der Waals surface area contributed by atoms with E-state index in [4.69, 9.17) is 37.0 Å². The molecule has 0 radical (unpaired) electrons. The van der Waals surface area contributed by atoms with E-state index in [9.17, 15) is 43.2 Å². The topological polar surface area (TPSA) is 237 Å². The van der Waals surface area contributed by atoms with Gasteiger partial charge in [-0.05, 0) is 49.4 Å². The van der Waals surface area contributed by atoms with Gasteiger partial charge >= 0.3 is 39.5 Å². The van der Waals surface area contributed by atoms with E-state index in [0.29, 0.717) is 25.7 Å². The van der Waals surface area contributed by atoms with Gasteiger partial charge in [0.15, 0.2) is 12.2 Å². The third kappa shape index (κ3) is 70.5. The molecule has 96 heavy (non-hydrogen) atoms. The molecule has 5 atom stereocenters. The summed E-state index contributed by atoms with van der Waals surface area (Å²) < 4.78 is 68.6. The molecule has 0 spiro atoms. The quantitative estimate of drug-likeness (QED) is 0.0222. The van der Waals surface area contributed by atoms with E-state index in [1.807, 2.05) is 0 Å². The molecule has 19 heteroatoms. The Balaban J connectivity index is 5.24. The van der Waals surface area contributed by atoms with Crippen molar-refractivity contribution >= 4 is 39.5 Å². The number of aliphatic hydroxyl groups excluding tert-OH is 1. The Morgan fingerprint density at radius 1 is 0.260 bits per heavy atom. The predicted molar refractivity (Wildman–Crippen MR) is 391 cm³/mol. The minimum absolute atomic E-state index is 0.104. The zero-order valence-electron chi connectivity index (χ0n) is 63.0. The summed E-state index contributed by atoms with van der Waals surface area (Å²) in [6, 6.07) is 0. The van der Waals surface area contributed by atoms with Crippen molar-refractivity contribution in [1.29, 1.82) is 0 Å². The molecule has 3 N–H and O–H groups in total. The van der Waals surface area contributed by atoms with Crippen LogP contribution in [0.15, 0.2) is 0 Å². The predicted octanol–water partition coefficient (Wildman–Crippen LogP) is 22.4. The molecular weight excluding hydrogens is 1260 g/mol. The monoisotopic (exact) mass is 1410 g/mol. The maximum absolute atomic E-state index is 13.1. The van der Waals surface area contributed by atoms with Crippen LogP contribution in [0.3, 0.4) is 0 Å². The summed E-state index contributed by atoms with van der Waals surface area (Å²) in [5.74, 6) is 0.926. The molecule has 0 aromatic heterocycles. The second-order valence-corrected chi connectivity index (χ2v) is 32.6. The van der Waals surface area contributed by atoms with E-state index in [-0.39, 0.29) is 25.7 Å². The zero-order valence-corrected chi connectivity index (χ0v) is 64.8. The number of rotatable bonds is 74. The van der Waals surface area contributed by atoms with Gasteiger partial charge < -0.3 is 33.8 Å². The second-order valence-electron chi connectivity index (χ2n) is 29.7. The van der Waals surface area contributed by atoms with Crippen LogP contribution < -0.4 is 0 Å². The molecule has 0 aromatic carbocycles. The first kappa shape index (κ1) is 94.1. The lowest BCUT2D eigenvalue weighted by atomic mass is 10.0. The first-order chi connectivity index (χ1) is 46.1. The molecule has 570 valence electrons. The molecule has 0 aliphatic heterocycles. The van der Waals surface area contributed by atoms with Gasteiger partial charge in [0.05, 0.1) is 26.4 Å². The standard InChI is InChI=1S/C77H150O17P2/c1-67(2)53-45-37-29-21-16-12-10-9-11-13-18-24-33-41-49-57-74(79)87-63-72(93-76(81)59-51-43-35-25-19-15-14-17-22-30-38-46-54-68(3)4)65-91-95(83,84)89-61-71(78)62-90-96(85,86)92-66-73(64-88-75(80)58-50-42-34-28-27-32-40-48-56-70(7)8)94-77(82)60-52-44-36-26-20-23-31-39-47-55-69(5)6/h67-73,78H,9-66H2,1-8H3,(H,83,84)(H,85,86)/t71?,72-,73-/m1/s1. The molecular formula is C77H150O17P2. The fourth-order valence-corrected chi connectivity index (χ4v) is 13.3. The Morgan fingerprint density at radius 3 is 0.646 bits per heavy atom. The van der Waals surface area contributed by atoms with Gasteiger partial charge in [-0.15, -0.1) is 0 Å². The van der Waals surface area contributed by atoms with Crippen molar-refractivity contribution in [2.45, 2.75) is 408 Å². The number of aliphatic hydroxyl groups is 1. The fraction of sp³-hybridized carbons (Fsp3) is 0.948. The van der Waals surface area contributed by atoms with Gasteiger partial charge in [0.25, 0.3) is 0 Å². The lowest BCUT2D eigenvalue weighted by Gasteiger charge is -2.21. The van der Waals surface area contributed by atoms with Gasteiger partial charge in [-0.1, -0.05) is 338 Å². The summed E-state index contributed by atoms with van der Waals surface area (Å²) >= 11 is 0. The number of ether oxygens (including phenoxy) is 4. The van der Waals surface area contributed by atoms with Crippen molar-refractivity contribution in [3.8, 4) is 0 Å². The molecule has 0 aliphatic rings. The Labute approximate surface area is 588 Å². The van der Waals surface area contributed by atoms with E-state index in [2.05, 4.69) is 55.4 Å². The largest absolute Gasteiger partial charge is 0.472 e. The second kappa shape index (κ2) is 66.3. The van der Waals surface area contributed by atoms with E-state index >= 15 is 0 Å². The molecule has 17 nitrogen and oxygen atoms in total. The summed E-state index contributed by atoms with van der Waals surface area (Å²) in [6.07, 6.45) is 51.4. The van der Waals surface area contributed by atoms with E-state index < -0.39 is 97.5 Å². The number of phosphoric acid groups is 2. The maximum atomic E-state index is 13.1. The van der Waals surface area contributed by atoms with E-state index in [1.165, 1.54) is 193 Å². The number of unbranched alkanes of at least 4 members (excludes halogenated alkanes) is 40. The lowest BCUT2D eigenvalue weighted by Crippen LogP contribution is -2.30. The molecule has 0 amide bonds. The van der Waals surface area contributed by atoms with Crippen LogP contribution in [0.4, 0.5) is 0 Å². The van der Waals surface area contributed by atoms with Crippen LogP contribution in [0.1, 0.15) is 389 Å². The van der Waals surface area contributed by atoms with Gasteiger partial charge in [0, 0.05) is 25.7 Å². The molecule has 0 saturated carbocycles. The fourth-order valence-electron chi connectivity index (χ4n) is 11.7. The van der Waals surface area contributed by atoms with Crippen molar-refractivity contribution in [2.75, 3.05) is 39.6 Å². The minimum atomic E-state index is -4.96. The summed E-state index contributed by atoms with van der Waals surface area (Å²) in [6.45, 7) is 14.2. The average molecular weight is 1410 g/mol. The SMILES string of the molecule is CC(C)CCCCCCCCCCCCCCCCCC(=O)OC[C@H](COP(=O)(O)OCC(O)COP(=O)(O)OC[C@@H](COC(=O)CCCCCCCCCCC(C)C)OC(=O)CCCCCCCCCCCC(C)C)OC(=O)CCCCCCCCCCCCCCC(C)C. The molecule has 0 aromatic rings. The normalized spacial score (nSPS) is 14.1. The lowest BCUT2D eigenvalue weighted by molar-refractivity contribution is -0.161. The average Bonchev–Trinajstić information content (AvgIpc) is 1.01. The number of phosphoric ester groups is 2. The van der Waals surface area contributed by atoms with E-state index in [0.717, 1.165) is 114 Å². The van der Waals surface area contributed by atoms with Gasteiger partial charge in [-0.3, -0.25) is 37.3 Å². The van der Waals surface area contributed by atoms with Gasteiger partial charge in [-0.2, -0.15) is 0 Å². The zero-order chi connectivity index (χ0) is 71.0. The summed E-state index contributed by atoms with van der Waals surface area (Å²) in [5.41, 5.74) is 0. The number of carbonyl (C=O) groups excluding carboxylic acids is 4. The third-order valence-corrected chi connectivity index (χ3v) is 19.7. The molecule has 0 bridgehead atoms. The highest BCUT2D eigenvalue weighted by Gasteiger charge is 2.30. The number of carbonyl (C=O) groups is 4. The Bertz CT molecular complexity index is 1880. The number of hydrogen-bond acceptors (Lipinski definition) is 15. The summed E-state index contributed by atoms with van der Waals surface area (Å²) in [5, 5.41) is 10.6. The van der Waals surface area contributed by atoms with Crippen LogP contribution in [0.2, 0.25) is 0 Å². The summed E-state index contributed by atoms with van der Waals surface area (Å²) in [4.78, 5) is 72.9. The van der Waals surface area contributed by atoms with Crippen LogP contribution in [-0.2, 0) is 65.4 Å². The number of hydrogen-bond donors (Lipinski definition) is 3. The van der Waals surface area contributed by atoms with Crippen molar-refractivity contribution in [3.63, 3.8) is 0 Å². The van der Waals surface area contributed by atoms with E-state index in [1.54, 1.807) is 0 Å². The number of esters is 4. The highest BCUT2D eigenvalue weighted by atomic mass is 31.2. The van der Waals surface area contributed by atoms with Crippen LogP contribution in [-0.4, -0.2) is 96.7 Å². The molecule has 0 aliphatic carbocycles. The summed E-state index contributed by atoms with van der Waals surface area (Å²) in [7, 11) is -9.91. The van der Waals surface area contributed by atoms with Crippen molar-refractivity contribution < 1.29 is 80.2 Å². The Morgan fingerprint density at radius 2 is 0.438 bits per heavy atom. The molecule has 0 fully saturated rings. The van der Waals surface area contributed by atoms with Crippen LogP contribution in [0, 0.1) is 23.7 Å². The highest BCUT2D eigenvalue weighted by Crippen LogP contribution is 2.45. The molecule has 0 rings (SSSR count). The van der Waals surface area contributed by atoms with Gasteiger partial charge in [0.1, 0.15) is 19.3 Å². The molecule has 0 heterocycles. The Hall–Kier alpha value is -1.94. The molecule has 3 unspecified atom stereocenters. The van der Waals surface area contributed by atoms with Gasteiger partial charge in [0.2, 0.25) is 0 Å². The molecule has 0 saturated heterocycles. The van der Waals surface area contributed by atoms with Crippen LogP contribution in [0.5, 0.6) is 0 Å². The third-order valence-electron chi connectivity index (χ3n) is 17.8. The first-order valence-corrected chi connectivity index (χ1v) is 42.7. The highest BCUT2D eigenvalue weighted by molar-refractivity contribution is 7.47. The Kier molecular flexibility index (Phi) is 65.0. The van der Waals surface area contributed by atoms with Crippen molar-refractivity contribution in [1.82, 2.24) is 0 Å². The maximum Gasteiger partial charge on any atom is 0.472 e. The van der Waals surface area contributed by atoms with Crippen molar-refractivity contribution in [3.05, 3.63) is 0 Å². The minimum Gasteiger partial charge on any atom is -0.462 e. The first-order valence-electron chi connectivity index (χ1n) is 39.7. The smallest absolute Gasteiger partial charge is 0.462 e. The van der Waals surface area contributed by atoms with Crippen molar-refractivity contribution in [2.24, 2.45) is 23.7 Å².